The summed E-state index contributed by atoms with van der Waals surface area (Å²) in [6.45, 7) is 4.46. The molecule has 112 valence electrons. The Bertz CT molecular complexity index is 734. The Morgan fingerprint density at radius 1 is 1.05 bits per heavy atom. The van der Waals surface area contributed by atoms with Crippen LogP contribution in [0.1, 0.15) is 17.0 Å². The fourth-order valence-corrected chi connectivity index (χ4v) is 2.16. The summed E-state index contributed by atoms with van der Waals surface area (Å²) in [5.41, 5.74) is 3.02. The highest BCUT2D eigenvalue weighted by molar-refractivity contribution is 5.53. The fourth-order valence-electron chi connectivity index (χ4n) is 2.16. The van der Waals surface area contributed by atoms with Crippen molar-refractivity contribution < 1.29 is 9.15 Å². The summed E-state index contributed by atoms with van der Waals surface area (Å²) < 4.78 is 11.4. The van der Waals surface area contributed by atoms with Gasteiger partial charge < -0.3 is 9.15 Å². The second-order valence-corrected chi connectivity index (χ2v) is 5.16. The van der Waals surface area contributed by atoms with Gasteiger partial charge in [-0.2, -0.15) is 0 Å². The Hall–Kier alpha value is -2.62. The van der Waals surface area contributed by atoms with Crippen molar-refractivity contribution in [3.63, 3.8) is 0 Å². The van der Waals surface area contributed by atoms with E-state index in [4.69, 9.17) is 9.15 Å². The second kappa shape index (κ2) is 6.43. The number of nitrogens with zero attached hydrogens (tertiary/aromatic N) is 2. The third-order valence-electron chi connectivity index (χ3n) is 3.39. The van der Waals surface area contributed by atoms with Gasteiger partial charge in [0.15, 0.2) is 0 Å². The van der Waals surface area contributed by atoms with Gasteiger partial charge in [0.25, 0.3) is 0 Å². The predicted molar refractivity (Wildman–Crippen MR) is 84.8 cm³/mol. The maximum absolute atomic E-state index is 5.74. The van der Waals surface area contributed by atoms with E-state index < -0.39 is 0 Å². The van der Waals surface area contributed by atoms with E-state index in [0.717, 1.165) is 22.6 Å². The molecule has 1 aromatic carbocycles. The third kappa shape index (κ3) is 3.34. The lowest BCUT2D eigenvalue weighted by Crippen LogP contribution is -2.03. The van der Waals surface area contributed by atoms with Gasteiger partial charge in [-0.25, -0.2) is 9.97 Å². The molecule has 0 N–H and O–H groups in total. The van der Waals surface area contributed by atoms with Crippen molar-refractivity contribution in [1.29, 1.82) is 0 Å². The summed E-state index contributed by atoms with van der Waals surface area (Å²) in [6, 6.07) is 13.8. The fraction of sp³-hybridized carbons (Fsp3) is 0.222. The second-order valence-electron chi connectivity index (χ2n) is 5.16. The summed E-state index contributed by atoms with van der Waals surface area (Å²) in [7, 11) is 0. The summed E-state index contributed by atoms with van der Waals surface area (Å²) in [6.07, 6.45) is 2.49. The highest BCUT2D eigenvalue weighted by atomic mass is 16.5. The Balaban J connectivity index is 1.63. The number of hydrogen-bond acceptors (Lipinski definition) is 4. The van der Waals surface area contributed by atoms with Gasteiger partial charge in [0.1, 0.15) is 5.76 Å². The molecule has 0 radical (unpaired) electrons. The molecule has 0 saturated carbocycles. The van der Waals surface area contributed by atoms with Gasteiger partial charge in [0.05, 0.1) is 12.3 Å². The van der Waals surface area contributed by atoms with Crippen molar-refractivity contribution in [3.8, 4) is 17.3 Å². The molecule has 3 aromatic rings. The van der Waals surface area contributed by atoms with E-state index in [1.807, 2.05) is 56.3 Å². The first-order valence-corrected chi connectivity index (χ1v) is 7.29. The molecule has 2 aromatic heterocycles. The summed E-state index contributed by atoms with van der Waals surface area (Å²) in [4.78, 5) is 8.78. The van der Waals surface area contributed by atoms with Crippen molar-refractivity contribution in [3.05, 3.63) is 65.7 Å². The van der Waals surface area contributed by atoms with Crippen molar-refractivity contribution in [2.24, 2.45) is 0 Å². The maximum Gasteiger partial charge on any atom is 0.226 e. The van der Waals surface area contributed by atoms with E-state index in [0.29, 0.717) is 24.8 Å². The minimum Gasteiger partial charge on any atom is -0.477 e. The molecule has 0 amide bonds. The van der Waals surface area contributed by atoms with Crippen molar-refractivity contribution >= 4 is 0 Å². The van der Waals surface area contributed by atoms with Crippen LogP contribution in [0.3, 0.4) is 0 Å². The summed E-state index contributed by atoms with van der Waals surface area (Å²) in [5, 5.41) is 0. The summed E-state index contributed by atoms with van der Waals surface area (Å²) in [5.74, 6) is 2.12. The van der Waals surface area contributed by atoms with Crippen LogP contribution in [-0.2, 0) is 6.42 Å². The van der Waals surface area contributed by atoms with E-state index in [9.17, 15) is 0 Å². The standard InChI is InChI=1S/C18H18N2O2/c1-13-8-9-17(19-12-13)21-11-10-16-14(2)22-18(20-16)15-6-4-3-5-7-15/h3-9,12H,10-11H2,1-2H3. The lowest BCUT2D eigenvalue weighted by molar-refractivity contribution is 0.307. The molecule has 0 bridgehead atoms. The van der Waals surface area contributed by atoms with E-state index in [2.05, 4.69) is 9.97 Å². The monoisotopic (exact) mass is 294 g/mol. The highest BCUT2D eigenvalue weighted by Crippen LogP contribution is 2.21. The first-order chi connectivity index (χ1) is 10.7. The molecule has 3 rings (SSSR count). The van der Waals surface area contributed by atoms with Crippen LogP contribution in [0, 0.1) is 13.8 Å². The van der Waals surface area contributed by atoms with Crippen LogP contribution in [-0.4, -0.2) is 16.6 Å². The quantitative estimate of drug-likeness (QED) is 0.714. The van der Waals surface area contributed by atoms with Crippen LogP contribution in [0.2, 0.25) is 0 Å². The number of aromatic nitrogens is 2. The van der Waals surface area contributed by atoms with E-state index in [1.165, 1.54) is 0 Å². The minimum atomic E-state index is 0.525. The smallest absolute Gasteiger partial charge is 0.226 e. The van der Waals surface area contributed by atoms with Crippen LogP contribution in [0.25, 0.3) is 11.5 Å². The maximum atomic E-state index is 5.74. The average Bonchev–Trinajstić information content (AvgIpc) is 2.91. The van der Waals surface area contributed by atoms with Crippen molar-refractivity contribution in [2.75, 3.05) is 6.61 Å². The van der Waals surface area contributed by atoms with Gasteiger partial charge >= 0.3 is 0 Å². The van der Waals surface area contributed by atoms with E-state index in [-0.39, 0.29) is 0 Å². The molecule has 0 spiro atoms. The Morgan fingerprint density at radius 2 is 1.86 bits per heavy atom. The Morgan fingerprint density at radius 3 is 2.59 bits per heavy atom. The number of hydrogen-bond donors (Lipinski definition) is 0. The van der Waals surface area contributed by atoms with Gasteiger partial charge in [-0.05, 0) is 31.5 Å². The van der Waals surface area contributed by atoms with Gasteiger partial charge in [-0.3, -0.25) is 0 Å². The molecule has 22 heavy (non-hydrogen) atoms. The number of pyridine rings is 1. The van der Waals surface area contributed by atoms with Crippen LogP contribution in [0.4, 0.5) is 0 Å². The number of aryl methyl sites for hydroxylation is 2. The van der Waals surface area contributed by atoms with Gasteiger partial charge in [0, 0.05) is 24.2 Å². The third-order valence-corrected chi connectivity index (χ3v) is 3.39. The Labute approximate surface area is 129 Å². The van der Waals surface area contributed by atoms with Crippen LogP contribution in [0.5, 0.6) is 5.88 Å². The molecular formula is C18H18N2O2. The number of oxazole rings is 1. The van der Waals surface area contributed by atoms with Crippen LogP contribution < -0.4 is 4.74 Å². The first kappa shape index (κ1) is 14.3. The minimum absolute atomic E-state index is 0.525. The van der Waals surface area contributed by atoms with Crippen LogP contribution >= 0.6 is 0 Å². The number of ether oxygens (including phenoxy) is 1. The molecular weight excluding hydrogens is 276 g/mol. The SMILES string of the molecule is Cc1ccc(OCCc2nc(-c3ccccc3)oc2C)nc1. The number of rotatable bonds is 5. The molecule has 0 aliphatic rings. The molecule has 2 heterocycles. The van der Waals surface area contributed by atoms with Gasteiger partial charge in [0.2, 0.25) is 11.8 Å². The molecule has 0 aliphatic carbocycles. The molecule has 0 fully saturated rings. The molecule has 0 atom stereocenters. The van der Waals surface area contributed by atoms with E-state index >= 15 is 0 Å². The molecule has 0 unspecified atom stereocenters. The molecule has 4 nitrogen and oxygen atoms in total. The van der Waals surface area contributed by atoms with Gasteiger partial charge in [-0.1, -0.05) is 24.3 Å². The highest BCUT2D eigenvalue weighted by Gasteiger charge is 2.11. The predicted octanol–water partition coefficient (Wildman–Crippen LogP) is 3.97. The zero-order chi connectivity index (χ0) is 15.4. The van der Waals surface area contributed by atoms with Crippen molar-refractivity contribution in [2.45, 2.75) is 20.3 Å². The normalized spacial score (nSPS) is 10.6. The van der Waals surface area contributed by atoms with Crippen molar-refractivity contribution in [1.82, 2.24) is 9.97 Å². The topological polar surface area (TPSA) is 48.2 Å². The first-order valence-electron chi connectivity index (χ1n) is 7.29. The molecule has 0 saturated heterocycles. The largest absolute Gasteiger partial charge is 0.477 e. The zero-order valence-corrected chi connectivity index (χ0v) is 12.7. The summed E-state index contributed by atoms with van der Waals surface area (Å²) >= 11 is 0. The zero-order valence-electron chi connectivity index (χ0n) is 12.7. The molecule has 0 aliphatic heterocycles. The molecule has 4 heteroatoms. The van der Waals surface area contributed by atoms with Crippen LogP contribution in [0.15, 0.2) is 53.1 Å². The van der Waals surface area contributed by atoms with Gasteiger partial charge in [-0.15, -0.1) is 0 Å². The average molecular weight is 294 g/mol. The lowest BCUT2D eigenvalue weighted by Gasteiger charge is -2.03. The lowest BCUT2D eigenvalue weighted by atomic mass is 10.2. The number of benzene rings is 1. The van der Waals surface area contributed by atoms with E-state index in [1.54, 1.807) is 6.20 Å². The Kier molecular flexibility index (Phi) is 4.19.